The van der Waals surface area contributed by atoms with Crippen LogP contribution in [0.1, 0.15) is 11.1 Å². The molecule has 0 bridgehead atoms. The standard InChI is InChI=1S/C17H16N6O2/c1-11-3-5-13(6-4-11)21-16-15(23(24)25)17(20-10-19-16)22-14-9-12(2)7-8-18-14/h3-10H,1-2H3,(H2,18,19,20,21,22). The highest BCUT2D eigenvalue weighted by molar-refractivity contribution is 5.76. The summed E-state index contributed by atoms with van der Waals surface area (Å²) in [6, 6.07) is 11.1. The summed E-state index contributed by atoms with van der Waals surface area (Å²) in [6.45, 7) is 3.87. The highest BCUT2D eigenvalue weighted by Crippen LogP contribution is 2.32. The molecule has 0 saturated heterocycles. The first-order valence-corrected chi connectivity index (χ1v) is 7.55. The fourth-order valence-corrected chi connectivity index (χ4v) is 2.23. The van der Waals surface area contributed by atoms with Gasteiger partial charge in [0.1, 0.15) is 12.1 Å². The van der Waals surface area contributed by atoms with E-state index in [0.717, 1.165) is 11.1 Å². The van der Waals surface area contributed by atoms with Crippen molar-refractivity contribution in [1.29, 1.82) is 0 Å². The van der Waals surface area contributed by atoms with Gasteiger partial charge in [-0.15, -0.1) is 0 Å². The number of aromatic nitrogens is 3. The molecule has 25 heavy (non-hydrogen) atoms. The lowest BCUT2D eigenvalue weighted by molar-refractivity contribution is -0.383. The average molecular weight is 336 g/mol. The number of hydrogen-bond acceptors (Lipinski definition) is 7. The normalized spacial score (nSPS) is 10.3. The third kappa shape index (κ3) is 3.86. The third-order valence-electron chi connectivity index (χ3n) is 3.48. The minimum atomic E-state index is -0.519. The summed E-state index contributed by atoms with van der Waals surface area (Å²) < 4.78 is 0. The molecule has 1 aromatic carbocycles. The molecule has 0 spiro atoms. The largest absolute Gasteiger partial charge is 0.353 e. The maximum atomic E-state index is 11.6. The van der Waals surface area contributed by atoms with Crippen LogP contribution in [0, 0.1) is 24.0 Å². The van der Waals surface area contributed by atoms with Gasteiger partial charge in [0.25, 0.3) is 0 Å². The molecule has 8 heteroatoms. The van der Waals surface area contributed by atoms with Crippen molar-refractivity contribution in [3.05, 3.63) is 70.2 Å². The number of rotatable bonds is 5. The molecule has 2 heterocycles. The molecule has 126 valence electrons. The zero-order chi connectivity index (χ0) is 17.8. The van der Waals surface area contributed by atoms with Gasteiger partial charge in [-0.1, -0.05) is 17.7 Å². The topological polar surface area (TPSA) is 106 Å². The van der Waals surface area contributed by atoms with Gasteiger partial charge in [-0.25, -0.2) is 15.0 Å². The Morgan fingerprint density at radius 2 is 1.60 bits per heavy atom. The van der Waals surface area contributed by atoms with E-state index in [9.17, 15) is 10.1 Å². The summed E-state index contributed by atoms with van der Waals surface area (Å²) in [5.41, 5.74) is 2.53. The number of nitrogens with one attached hydrogen (secondary N) is 2. The molecule has 0 aliphatic carbocycles. The molecule has 0 radical (unpaired) electrons. The Labute approximate surface area is 144 Å². The molecule has 3 aromatic rings. The van der Waals surface area contributed by atoms with Gasteiger partial charge in [-0.2, -0.15) is 0 Å². The monoisotopic (exact) mass is 336 g/mol. The Kier molecular flexibility index (Phi) is 4.51. The van der Waals surface area contributed by atoms with Gasteiger partial charge in [0.2, 0.25) is 11.6 Å². The molecular formula is C17H16N6O2. The summed E-state index contributed by atoms with van der Waals surface area (Å²) in [4.78, 5) is 23.2. The number of anilines is 4. The molecule has 2 N–H and O–H groups in total. The first-order valence-electron chi connectivity index (χ1n) is 7.55. The molecule has 8 nitrogen and oxygen atoms in total. The van der Waals surface area contributed by atoms with E-state index in [4.69, 9.17) is 0 Å². The molecule has 0 aliphatic heterocycles. The molecule has 0 saturated carbocycles. The van der Waals surface area contributed by atoms with Crippen LogP contribution in [0.4, 0.5) is 28.8 Å². The predicted octanol–water partition coefficient (Wildman–Crippen LogP) is 3.88. The Hall–Kier alpha value is -3.55. The van der Waals surface area contributed by atoms with Gasteiger partial charge in [0.15, 0.2) is 0 Å². The van der Waals surface area contributed by atoms with E-state index in [0.29, 0.717) is 11.5 Å². The second kappa shape index (κ2) is 6.91. The number of nitrogens with zero attached hydrogens (tertiary/aromatic N) is 4. The third-order valence-corrected chi connectivity index (χ3v) is 3.48. The molecule has 0 unspecified atom stereocenters. The molecule has 3 rings (SSSR count). The minimum absolute atomic E-state index is 0.0766. The first kappa shape index (κ1) is 16.3. The lowest BCUT2D eigenvalue weighted by Crippen LogP contribution is -2.06. The predicted molar refractivity (Wildman–Crippen MR) is 95.4 cm³/mol. The van der Waals surface area contributed by atoms with Crippen LogP contribution >= 0.6 is 0 Å². The second-order valence-electron chi connectivity index (χ2n) is 5.51. The summed E-state index contributed by atoms with van der Waals surface area (Å²) in [7, 11) is 0. The van der Waals surface area contributed by atoms with Crippen molar-refractivity contribution in [2.45, 2.75) is 13.8 Å². The highest BCUT2D eigenvalue weighted by Gasteiger charge is 2.23. The second-order valence-corrected chi connectivity index (χ2v) is 5.51. The SMILES string of the molecule is Cc1ccc(Nc2ncnc(Nc3cc(C)ccn3)c2[N+](=O)[O-])cc1. The van der Waals surface area contributed by atoms with Gasteiger partial charge in [-0.05, 0) is 43.7 Å². The number of nitro groups is 1. The van der Waals surface area contributed by atoms with Crippen LogP contribution in [0.3, 0.4) is 0 Å². The molecular weight excluding hydrogens is 320 g/mol. The van der Waals surface area contributed by atoms with E-state index in [1.165, 1.54) is 6.33 Å². The van der Waals surface area contributed by atoms with E-state index < -0.39 is 4.92 Å². The summed E-state index contributed by atoms with van der Waals surface area (Å²) >= 11 is 0. The van der Waals surface area contributed by atoms with Crippen LogP contribution in [-0.2, 0) is 0 Å². The maximum absolute atomic E-state index is 11.6. The Morgan fingerprint density at radius 1 is 0.920 bits per heavy atom. The van der Waals surface area contributed by atoms with Crippen LogP contribution in [0.5, 0.6) is 0 Å². The highest BCUT2D eigenvalue weighted by atomic mass is 16.6. The quantitative estimate of drug-likeness (QED) is 0.538. The summed E-state index contributed by atoms with van der Waals surface area (Å²) in [5, 5.41) is 17.4. The van der Waals surface area contributed by atoms with Crippen molar-refractivity contribution in [1.82, 2.24) is 15.0 Å². The van der Waals surface area contributed by atoms with Gasteiger partial charge >= 0.3 is 5.69 Å². The number of aryl methyl sites for hydroxylation is 2. The van der Waals surface area contributed by atoms with Gasteiger partial charge < -0.3 is 10.6 Å². The summed E-state index contributed by atoms with van der Waals surface area (Å²) in [6.07, 6.45) is 2.89. The zero-order valence-corrected chi connectivity index (χ0v) is 13.7. The van der Waals surface area contributed by atoms with Gasteiger partial charge in [-0.3, -0.25) is 10.1 Å². The van der Waals surface area contributed by atoms with Crippen LogP contribution in [-0.4, -0.2) is 19.9 Å². The maximum Gasteiger partial charge on any atom is 0.353 e. The van der Waals surface area contributed by atoms with E-state index in [1.807, 2.05) is 44.2 Å². The molecule has 0 atom stereocenters. The minimum Gasteiger partial charge on any atom is -0.334 e. The fourth-order valence-electron chi connectivity index (χ4n) is 2.23. The Balaban J connectivity index is 1.96. The van der Waals surface area contributed by atoms with E-state index in [2.05, 4.69) is 25.6 Å². The molecule has 0 fully saturated rings. The lowest BCUT2D eigenvalue weighted by Gasteiger charge is -2.10. The van der Waals surface area contributed by atoms with E-state index >= 15 is 0 Å². The molecule has 0 aliphatic rings. The Bertz CT molecular complexity index is 911. The van der Waals surface area contributed by atoms with Crippen LogP contribution in [0.15, 0.2) is 48.9 Å². The van der Waals surface area contributed by atoms with Crippen molar-refractivity contribution < 1.29 is 4.92 Å². The first-order chi connectivity index (χ1) is 12.0. The van der Waals surface area contributed by atoms with Gasteiger partial charge in [0, 0.05) is 11.9 Å². The van der Waals surface area contributed by atoms with Crippen molar-refractivity contribution >= 4 is 28.8 Å². The average Bonchev–Trinajstić information content (AvgIpc) is 2.57. The fraction of sp³-hybridized carbons (Fsp3) is 0.118. The number of benzene rings is 1. The van der Waals surface area contributed by atoms with Crippen molar-refractivity contribution in [3.63, 3.8) is 0 Å². The molecule has 2 aromatic heterocycles. The van der Waals surface area contributed by atoms with Gasteiger partial charge in [0.05, 0.1) is 4.92 Å². The van der Waals surface area contributed by atoms with Crippen molar-refractivity contribution in [2.75, 3.05) is 10.6 Å². The summed E-state index contributed by atoms with van der Waals surface area (Å²) in [5.74, 6) is 0.662. The van der Waals surface area contributed by atoms with E-state index in [1.54, 1.807) is 12.3 Å². The number of hydrogen-bond donors (Lipinski definition) is 2. The zero-order valence-electron chi connectivity index (χ0n) is 13.7. The van der Waals surface area contributed by atoms with Crippen LogP contribution < -0.4 is 10.6 Å². The molecule has 0 amide bonds. The van der Waals surface area contributed by atoms with Crippen molar-refractivity contribution in [2.24, 2.45) is 0 Å². The van der Waals surface area contributed by atoms with Crippen LogP contribution in [0.25, 0.3) is 0 Å². The van der Waals surface area contributed by atoms with Crippen LogP contribution in [0.2, 0.25) is 0 Å². The smallest absolute Gasteiger partial charge is 0.334 e. The van der Waals surface area contributed by atoms with Crippen molar-refractivity contribution in [3.8, 4) is 0 Å². The van der Waals surface area contributed by atoms with E-state index in [-0.39, 0.29) is 17.3 Å². The number of pyridine rings is 1. The lowest BCUT2D eigenvalue weighted by atomic mass is 10.2. The Morgan fingerprint density at radius 3 is 2.24 bits per heavy atom.